The second kappa shape index (κ2) is 7.90. The average Bonchev–Trinajstić information content (AvgIpc) is 3.18. The van der Waals surface area contributed by atoms with Crippen LogP contribution in [0.15, 0.2) is 22.7 Å². The van der Waals surface area contributed by atoms with Crippen LogP contribution in [0.5, 0.6) is 0 Å². The van der Waals surface area contributed by atoms with Crippen molar-refractivity contribution in [2.45, 2.75) is 44.2 Å². The van der Waals surface area contributed by atoms with Gasteiger partial charge in [-0.2, -0.15) is 0 Å². The van der Waals surface area contributed by atoms with Crippen LogP contribution in [-0.2, 0) is 19.8 Å². The minimum absolute atomic E-state index is 0.0391. The summed E-state index contributed by atoms with van der Waals surface area (Å²) in [6.45, 7) is 3.72. The van der Waals surface area contributed by atoms with Gasteiger partial charge in [0.1, 0.15) is 12.1 Å². The molecular weight excluding hydrogens is 456 g/mol. The maximum Gasteiger partial charge on any atom is 0.407 e. The summed E-state index contributed by atoms with van der Waals surface area (Å²) in [6.07, 6.45) is -0.904. The fraction of sp³-hybridized carbons (Fsp3) is 0.500. The summed E-state index contributed by atoms with van der Waals surface area (Å²) in [5.41, 5.74) is 5.82. The van der Waals surface area contributed by atoms with Crippen molar-refractivity contribution in [3.05, 3.63) is 28.2 Å². The first-order valence-electron chi connectivity index (χ1n) is 9.65. The first kappa shape index (κ1) is 22.1. The number of hydrogen-bond donors (Lipinski definition) is 3. The number of nitrogens with one attached hydrogen (secondary N) is 1. The third-order valence-electron chi connectivity index (χ3n) is 5.90. The number of nitrogens with two attached hydrogens (primary N) is 1. The van der Waals surface area contributed by atoms with E-state index in [4.69, 9.17) is 5.73 Å². The molecule has 0 aliphatic carbocycles. The molecule has 1 saturated heterocycles. The second-order valence-electron chi connectivity index (χ2n) is 8.35. The number of carbonyl (C=O) groups excluding carboxylic acids is 3. The highest BCUT2D eigenvalue weighted by molar-refractivity contribution is 9.10. The standard InChI is InChI=1S/C20H25BrN4O5/c1-10(2)6-14(24(3)19(29)30)17(27)25-9-20(8-15(25)16(22)26)12-5-4-11(21)7-13(12)23-18(20)28/h4-5,7,10,14-15H,6,8-9H2,1-3H3,(H2,22,26)(H,23,28)(H,29,30)/t14?,15-,20-/m0/s1. The van der Waals surface area contributed by atoms with Crippen molar-refractivity contribution in [3.63, 3.8) is 0 Å². The molecule has 2 heterocycles. The third kappa shape index (κ3) is 3.64. The van der Waals surface area contributed by atoms with Gasteiger partial charge in [0.05, 0.1) is 5.41 Å². The molecule has 2 aliphatic rings. The van der Waals surface area contributed by atoms with Crippen LogP contribution < -0.4 is 11.1 Å². The summed E-state index contributed by atoms with van der Waals surface area (Å²) < 4.78 is 0.788. The molecule has 1 unspecified atom stereocenters. The van der Waals surface area contributed by atoms with Gasteiger partial charge >= 0.3 is 6.09 Å². The van der Waals surface area contributed by atoms with Crippen LogP contribution in [0.4, 0.5) is 10.5 Å². The molecular formula is C20H25BrN4O5. The van der Waals surface area contributed by atoms with Gasteiger partial charge in [-0.15, -0.1) is 0 Å². The monoisotopic (exact) mass is 480 g/mol. The lowest BCUT2D eigenvalue weighted by Gasteiger charge is -2.32. The Labute approximate surface area is 182 Å². The van der Waals surface area contributed by atoms with Gasteiger partial charge < -0.3 is 21.1 Å². The summed E-state index contributed by atoms with van der Waals surface area (Å²) in [5, 5.41) is 12.3. The Morgan fingerprint density at radius 1 is 1.40 bits per heavy atom. The molecule has 4 N–H and O–H groups in total. The topological polar surface area (TPSA) is 133 Å². The van der Waals surface area contributed by atoms with Crippen LogP contribution in [0.2, 0.25) is 0 Å². The van der Waals surface area contributed by atoms with Crippen LogP contribution in [0, 0.1) is 5.92 Å². The Hall–Kier alpha value is -2.62. The molecule has 1 spiro atoms. The number of primary amides is 1. The number of nitrogens with zero attached hydrogens (tertiary/aromatic N) is 2. The predicted molar refractivity (Wildman–Crippen MR) is 113 cm³/mol. The number of amides is 4. The Balaban J connectivity index is 2.01. The first-order chi connectivity index (χ1) is 14.0. The summed E-state index contributed by atoms with van der Waals surface area (Å²) in [5.74, 6) is -1.51. The quantitative estimate of drug-likeness (QED) is 0.590. The molecule has 1 aromatic rings. The zero-order valence-electron chi connectivity index (χ0n) is 17.0. The lowest BCUT2D eigenvalue weighted by molar-refractivity contribution is -0.141. The Kier molecular flexibility index (Phi) is 5.81. The van der Waals surface area contributed by atoms with E-state index in [1.165, 1.54) is 11.9 Å². The second-order valence-corrected chi connectivity index (χ2v) is 9.27. The molecule has 30 heavy (non-hydrogen) atoms. The summed E-state index contributed by atoms with van der Waals surface area (Å²) in [4.78, 5) is 52.4. The Bertz CT molecular complexity index is 920. The van der Waals surface area contributed by atoms with E-state index in [1.807, 2.05) is 13.8 Å². The van der Waals surface area contributed by atoms with E-state index in [2.05, 4.69) is 21.2 Å². The van der Waals surface area contributed by atoms with Crippen molar-refractivity contribution in [3.8, 4) is 0 Å². The molecule has 0 saturated carbocycles. The van der Waals surface area contributed by atoms with Gasteiger partial charge in [0.2, 0.25) is 17.7 Å². The maximum atomic E-state index is 13.4. The van der Waals surface area contributed by atoms with Crippen molar-refractivity contribution >= 4 is 45.4 Å². The molecule has 3 atom stereocenters. The predicted octanol–water partition coefficient (Wildman–Crippen LogP) is 1.75. The molecule has 10 heteroatoms. The minimum Gasteiger partial charge on any atom is -0.465 e. The van der Waals surface area contributed by atoms with E-state index in [9.17, 15) is 24.3 Å². The normalized spacial score (nSPS) is 23.4. The molecule has 9 nitrogen and oxygen atoms in total. The zero-order chi connectivity index (χ0) is 22.4. The summed E-state index contributed by atoms with van der Waals surface area (Å²) >= 11 is 3.37. The number of fused-ring (bicyclic) bond motifs is 2. The van der Waals surface area contributed by atoms with Gasteiger partial charge in [-0.1, -0.05) is 35.8 Å². The van der Waals surface area contributed by atoms with Gasteiger partial charge in [-0.25, -0.2) is 4.79 Å². The molecule has 1 aromatic carbocycles. The zero-order valence-corrected chi connectivity index (χ0v) is 18.6. The SMILES string of the molecule is CC(C)CC(C(=O)N1C[C@]2(C[C@H]1C(N)=O)C(=O)Nc1cc(Br)ccc12)N(C)C(=O)O. The van der Waals surface area contributed by atoms with Crippen molar-refractivity contribution in [2.24, 2.45) is 11.7 Å². The van der Waals surface area contributed by atoms with E-state index >= 15 is 0 Å². The van der Waals surface area contributed by atoms with Crippen LogP contribution in [0.3, 0.4) is 0 Å². The average molecular weight is 481 g/mol. The molecule has 0 bridgehead atoms. The number of halogens is 1. The number of benzene rings is 1. The van der Waals surface area contributed by atoms with Gasteiger partial charge in [0, 0.05) is 23.8 Å². The number of carbonyl (C=O) groups is 4. The number of hydrogen-bond acceptors (Lipinski definition) is 4. The molecule has 0 aromatic heterocycles. The number of likely N-dealkylation sites (tertiary alicyclic amines) is 1. The molecule has 3 rings (SSSR count). The maximum absolute atomic E-state index is 13.4. The summed E-state index contributed by atoms with van der Waals surface area (Å²) in [7, 11) is 1.33. The van der Waals surface area contributed by atoms with Crippen LogP contribution >= 0.6 is 15.9 Å². The highest BCUT2D eigenvalue weighted by Crippen LogP contribution is 2.47. The number of anilines is 1. The van der Waals surface area contributed by atoms with Crippen molar-refractivity contribution in [1.82, 2.24) is 9.80 Å². The highest BCUT2D eigenvalue weighted by atomic mass is 79.9. The first-order valence-corrected chi connectivity index (χ1v) is 10.4. The lowest BCUT2D eigenvalue weighted by Crippen LogP contribution is -2.53. The molecule has 1 fully saturated rings. The summed E-state index contributed by atoms with van der Waals surface area (Å²) in [6, 6.07) is 3.37. The van der Waals surface area contributed by atoms with E-state index in [0.717, 1.165) is 9.37 Å². The van der Waals surface area contributed by atoms with Crippen molar-refractivity contribution < 1.29 is 24.3 Å². The van der Waals surface area contributed by atoms with Gasteiger partial charge in [-0.3, -0.25) is 19.3 Å². The van der Waals surface area contributed by atoms with Crippen LogP contribution in [0.1, 0.15) is 32.3 Å². The van der Waals surface area contributed by atoms with E-state index in [-0.39, 0.29) is 31.2 Å². The third-order valence-corrected chi connectivity index (χ3v) is 6.39. The lowest BCUT2D eigenvalue weighted by atomic mass is 9.79. The van der Waals surface area contributed by atoms with Crippen LogP contribution in [0.25, 0.3) is 0 Å². The van der Waals surface area contributed by atoms with E-state index in [0.29, 0.717) is 11.3 Å². The Morgan fingerprint density at radius 3 is 2.63 bits per heavy atom. The highest BCUT2D eigenvalue weighted by Gasteiger charge is 2.57. The van der Waals surface area contributed by atoms with E-state index in [1.54, 1.807) is 18.2 Å². The number of likely N-dealkylation sites (N-methyl/N-ethyl adjacent to an activating group) is 1. The molecule has 162 valence electrons. The molecule has 0 radical (unpaired) electrons. The minimum atomic E-state index is -1.24. The fourth-order valence-electron chi connectivity index (χ4n) is 4.35. The molecule has 4 amide bonds. The van der Waals surface area contributed by atoms with Crippen LogP contribution in [-0.4, -0.2) is 64.4 Å². The molecule has 2 aliphatic heterocycles. The van der Waals surface area contributed by atoms with Crippen molar-refractivity contribution in [2.75, 3.05) is 18.9 Å². The smallest absolute Gasteiger partial charge is 0.407 e. The van der Waals surface area contributed by atoms with Crippen molar-refractivity contribution in [1.29, 1.82) is 0 Å². The Morgan fingerprint density at radius 2 is 2.07 bits per heavy atom. The number of rotatable bonds is 5. The largest absolute Gasteiger partial charge is 0.465 e. The van der Waals surface area contributed by atoms with E-state index < -0.39 is 35.4 Å². The number of carboxylic acid groups (broad SMARTS) is 1. The van der Waals surface area contributed by atoms with Gasteiger partial charge in [-0.05, 0) is 36.5 Å². The van der Waals surface area contributed by atoms with Gasteiger partial charge in [0.15, 0.2) is 0 Å². The van der Waals surface area contributed by atoms with Gasteiger partial charge in [0.25, 0.3) is 0 Å². The fourth-order valence-corrected chi connectivity index (χ4v) is 4.71.